The Hall–Kier alpha value is -2.13. The Morgan fingerprint density at radius 1 is 1.03 bits per heavy atom. The lowest BCUT2D eigenvalue weighted by Crippen LogP contribution is -2.41. The van der Waals surface area contributed by atoms with Crippen molar-refractivity contribution in [2.75, 3.05) is 25.0 Å². The number of halogens is 2. The van der Waals surface area contributed by atoms with E-state index in [1.165, 1.54) is 27.6 Å². The molecule has 2 aromatic carbocycles. The number of anilines is 1. The molecule has 2 aromatic rings. The van der Waals surface area contributed by atoms with Gasteiger partial charge in [-0.3, -0.25) is 9.59 Å². The number of carbonyl (C=O) groups is 2. The average molecular weight is 511 g/mol. The summed E-state index contributed by atoms with van der Waals surface area (Å²) in [5, 5.41) is 2.87. The third kappa shape index (κ3) is 5.35. The summed E-state index contributed by atoms with van der Waals surface area (Å²) < 4.78 is 32.4. The van der Waals surface area contributed by atoms with Gasteiger partial charge in [-0.2, -0.15) is 4.31 Å². The van der Waals surface area contributed by atoms with Gasteiger partial charge in [-0.1, -0.05) is 35.3 Å². The lowest BCUT2D eigenvalue weighted by molar-refractivity contribution is -0.152. The highest BCUT2D eigenvalue weighted by atomic mass is 35.5. The third-order valence-corrected chi connectivity index (χ3v) is 8.89. The number of piperidine rings is 1. The lowest BCUT2D eigenvalue weighted by atomic mass is 9.98. The molecule has 1 saturated heterocycles. The fourth-order valence-corrected chi connectivity index (χ4v) is 6.85. The minimum atomic E-state index is -3.88. The summed E-state index contributed by atoms with van der Waals surface area (Å²) in [5.41, 5.74) is 3.24. The fourth-order valence-electron chi connectivity index (χ4n) is 4.29. The topological polar surface area (TPSA) is 92.8 Å². The van der Waals surface area contributed by atoms with Gasteiger partial charge in [0.2, 0.25) is 10.0 Å². The van der Waals surface area contributed by atoms with E-state index in [0.717, 1.165) is 19.3 Å². The first-order chi connectivity index (χ1) is 15.8. The summed E-state index contributed by atoms with van der Waals surface area (Å²) in [5.74, 6) is -1.40. The Bertz CT molecular complexity index is 1160. The average Bonchev–Trinajstić information content (AvgIpc) is 3.25. The van der Waals surface area contributed by atoms with Crippen molar-refractivity contribution in [3.05, 3.63) is 57.6 Å². The summed E-state index contributed by atoms with van der Waals surface area (Å²) in [4.78, 5) is 24.5. The van der Waals surface area contributed by atoms with Gasteiger partial charge >= 0.3 is 5.97 Å². The van der Waals surface area contributed by atoms with Crippen molar-refractivity contribution in [1.82, 2.24) is 4.31 Å². The molecule has 1 aliphatic heterocycles. The first-order valence-corrected chi connectivity index (χ1v) is 13.0. The number of esters is 1. The molecule has 0 spiro atoms. The van der Waals surface area contributed by atoms with E-state index in [2.05, 4.69) is 5.32 Å². The predicted molar refractivity (Wildman–Crippen MR) is 126 cm³/mol. The molecule has 176 valence electrons. The Labute approximate surface area is 203 Å². The van der Waals surface area contributed by atoms with Crippen LogP contribution in [0.4, 0.5) is 5.69 Å². The van der Waals surface area contributed by atoms with Gasteiger partial charge in [0, 0.05) is 18.8 Å². The van der Waals surface area contributed by atoms with Crippen molar-refractivity contribution in [2.24, 2.45) is 5.92 Å². The van der Waals surface area contributed by atoms with Crippen LogP contribution in [0, 0.1) is 5.92 Å². The number of nitrogens with one attached hydrogen (secondary N) is 1. The second-order valence-electron chi connectivity index (χ2n) is 8.22. The summed E-state index contributed by atoms with van der Waals surface area (Å²) in [6.45, 7) is -0.125. The zero-order valence-electron chi connectivity index (χ0n) is 17.9. The third-order valence-electron chi connectivity index (χ3n) is 6.03. The van der Waals surface area contributed by atoms with Crippen LogP contribution in [-0.4, -0.2) is 44.3 Å². The fraction of sp³-hybridized carbons (Fsp3) is 0.391. The van der Waals surface area contributed by atoms with Gasteiger partial charge in [0.15, 0.2) is 6.61 Å². The van der Waals surface area contributed by atoms with E-state index in [4.69, 9.17) is 27.9 Å². The van der Waals surface area contributed by atoms with Crippen LogP contribution < -0.4 is 5.32 Å². The monoisotopic (exact) mass is 510 g/mol. The lowest BCUT2D eigenvalue weighted by Gasteiger charge is -2.30. The Kier molecular flexibility index (Phi) is 7.28. The summed E-state index contributed by atoms with van der Waals surface area (Å²) in [6, 6.07) is 10.3. The predicted octanol–water partition coefficient (Wildman–Crippen LogP) is 4.06. The van der Waals surface area contributed by atoms with Gasteiger partial charge in [-0.25, -0.2) is 8.42 Å². The number of hydrogen-bond acceptors (Lipinski definition) is 5. The molecule has 0 radical (unpaired) electrons. The summed E-state index contributed by atoms with van der Waals surface area (Å²) in [7, 11) is -3.88. The molecule has 1 fully saturated rings. The molecule has 7 nitrogen and oxygen atoms in total. The Morgan fingerprint density at radius 3 is 2.39 bits per heavy atom. The standard InChI is InChI=1S/C23H24Cl2N2O5S/c24-19-5-2-6-20(25)22(19)33(30,31)27-11-9-16(10-12-27)23(29)32-14-21(28)26-18-8-7-15-3-1-4-17(15)13-18/h2,5-8,13,16H,1,3-4,9-12,14H2,(H,26,28). The molecule has 2 aliphatic rings. The molecule has 10 heteroatoms. The maximum atomic E-state index is 13.0. The number of sulfonamides is 1. The highest BCUT2D eigenvalue weighted by Gasteiger charge is 2.35. The Morgan fingerprint density at radius 2 is 1.70 bits per heavy atom. The normalized spacial score (nSPS) is 16.9. The number of nitrogens with zero attached hydrogens (tertiary/aromatic N) is 1. The molecular weight excluding hydrogens is 487 g/mol. The number of aryl methyl sites for hydroxylation is 2. The van der Waals surface area contributed by atoms with E-state index in [-0.39, 0.29) is 47.5 Å². The van der Waals surface area contributed by atoms with Crippen LogP contribution in [0.5, 0.6) is 0 Å². The van der Waals surface area contributed by atoms with Gasteiger partial charge in [0.1, 0.15) is 4.90 Å². The molecule has 1 heterocycles. The van der Waals surface area contributed by atoms with Crippen LogP contribution in [0.15, 0.2) is 41.3 Å². The van der Waals surface area contributed by atoms with Crippen LogP contribution in [-0.2, 0) is 37.2 Å². The van der Waals surface area contributed by atoms with Crippen molar-refractivity contribution in [1.29, 1.82) is 0 Å². The van der Waals surface area contributed by atoms with E-state index in [0.29, 0.717) is 5.69 Å². The molecule has 4 rings (SSSR count). The largest absolute Gasteiger partial charge is 0.455 e. The minimum Gasteiger partial charge on any atom is -0.455 e. The number of fused-ring (bicyclic) bond motifs is 1. The molecule has 33 heavy (non-hydrogen) atoms. The molecule has 0 saturated carbocycles. The van der Waals surface area contributed by atoms with Gasteiger partial charge in [0.05, 0.1) is 16.0 Å². The van der Waals surface area contributed by atoms with Crippen LogP contribution >= 0.6 is 23.2 Å². The van der Waals surface area contributed by atoms with Gasteiger partial charge in [-0.05, 0) is 67.5 Å². The maximum Gasteiger partial charge on any atom is 0.309 e. The highest BCUT2D eigenvalue weighted by molar-refractivity contribution is 7.89. The second kappa shape index (κ2) is 10.0. The number of benzene rings is 2. The molecular formula is C23H24Cl2N2O5S. The molecule has 1 amide bonds. The zero-order valence-corrected chi connectivity index (χ0v) is 20.2. The van der Waals surface area contributed by atoms with Crippen molar-refractivity contribution in [3.8, 4) is 0 Å². The molecule has 0 aromatic heterocycles. The number of hydrogen-bond donors (Lipinski definition) is 1. The zero-order chi connectivity index (χ0) is 23.6. The SMILES string of the molecule is O=C(COC(=O)C1CCN(S(=O)(=O)c2c(Cl)cccc2Cl)CC1)Nc1ccc2c(c1)CCC2. The minimum absolute atomic E-state index is 0.0541. The van der Waals surface area contributed by atoms with E-state index in [1.54, 1.807) is 6.07 Å². The van der Waals surface area contributed by atoms with Crippen molar-refractivity contribution in [3.63, 3.8) is 0 Å². The van der Waals surface area contributed by atoms with Crippen molar-refractivity contribution >= 4 is 50.8 Å². The summed E-state index contributed by atoms with van der Waals surface area (Å²) >= 11 is 12.1. The molecule has 0 atom stereocenters. The van der Waals surface area contributed by atoms with Crippen molar-refractivity contribution in [2.45, 2.75) is 37.0 Å². The van der Waals surface area contributed by atoms with Crippen LogP contribution in [0.3, 0.4) is 0 Å². The molecule has 0 unspecified atom stereocenters. The van der Waals surface area contributed by atoms with E-state index >= 15 is 0 Å². The molecule has 1 aliphatic carbocycles. The van der Waals surface area contributed by atoms with Gasteiger partial charge in [-0.15, -0.1) is 0 Å². The van der Waals surface area contributed by atoms with E-state index in [9.17, 15) is 18.0 Å². The Balaban J connectivity index is 1.27. The van der Waals surface area contributed by atoms with E-state index < -0.39 is 27.8 Å². The molecule has 1 N–H and O–H groups in total. The maximum absolute atomic E-state index is 13.0. The first-order valence-electron chi connectivity index (χ1n) is 10.8. The molecule has 0 bridgehead atoms. The smallest absolute Gasteiger partial charge is 0.309 e. The first kappa shape index (κ1) is 24.0. The van der Waals surface area contributed by atoms with Gasteiger partial charge in [0.25, 0.3) is 5.91 Å². The van der Waals surface area contributed by atoms with Crippen LogP contribution in [0.2, 0.25) is 10.0 Å². The number of carbonyl (C=O) groups excluding carboxylic acids is 2. The van der Waals surface area contributed by atoms with Gasteiger partial charge < -0.3 is 10.1 Å². The highest BCUT2D eigenvalue weighted by Crippen LogP contribution is 2.33. The van der Waals surface area contributed by atoms with Crippen LogP contribution in [0.25, 0.3) is 0 Å². The van der Waals surface area contributed by atoms with E-state index in [1.807, 2.05) is 18.2 Å². The summed E-state index contributed by atoms with van der Waals surface area (Å²) in [6.07, 6.45) is 3.76. The second-order valence-corrected chi connectivity index (χ2v) is 10.9. The number of rotatable bonds is 6. The number of ether oxygens (including phenoxy) is 1. The number of amides is 1. The quantitative estimate of drug-likeness (QED) is 0.591. The van der Waals surface area contributed by atoms with Crippen LogP contribution in [0.1, 0.15) is 30.4 Å². The van der Waals surface area contributed by atoms with Crippen molar-refractivity contribution < 1.29 is 22.7 Å².